The normalized spacial score (nSPS) is 18.6. The summed E-state index contributed by atoms with van der Waals surface area (Å²) in [6.45, 7) is 5.85. The molecular formula is C25H32N2O2S. The zero-order chi connectivity index (χ0) is 21.1. The zero-order valence-electron chi connectivity index (χ0n) is 18.1. The van der Waals surface area contributed by atoms with E-state index < -0.39 is 0 Å². The molecule has 1 aromatic heterocycles. The Hall–Kier alpha value is -2.14. The van der Waals surface area contributed by atoms with Gasteiger partial charge in [-0.15, -0.1) is 11.3 Å². The van der Waals surface area contributed by atoms with E-state index in [4.69, 9.17) is 0 Å². The fourth-order valence-electron chi connectivity index (χ4n) is 4.60. The highest BCUT2D eigenvalue weighted by Gasteiger charge is 2.36. The van der Waals surface area contributed by atoms with Crippen molar-refractivity contribution >= 4 is 23.2 Å². The smallest absolute Gasteiger partial charge is 0.242 e. The number of aryl methyl sites for hydroxylation is 1. The van der Waals surface area contributed by atoms with Gasteiger partial charge in [0.05, 0.1) is 12.6 Å². The molecule has 0 N–H and O–H groups in total. The van der Waals surface area contributed by atoms with Crippen LogP contribution in [0.25, 0.3) is 0 Å². The van der Waals surface area contributed by atoms with Crippen molar-refractivity contribution in [3.05, 3.63) is 57.3 Å². The van der Waals surface area contributed by atoms with Crippen molar-refractivity contribution in [3.8, 4) is 0 Å². The highest BCUT2D eigenvalue weighted by molar-refractivity contribution is 7.10. The van der Waals surface area contributed by atoms with Crippen molar-refractivity contribution in [2.24, 2.45) is 5.92 Å². The summed E-state index contributed by atoms with van der Waals surface area (Å²) >= 11 is 1.79. The number of nitrogens with zero attached hydrogens (tertiary/aromatic N) is 2. The molecule has 2 heterocycles. The number of thiophene rings is 1. The standard InChI is InChI=1S/C25H32N2O2S/c1-3-4-14-26(25(29)19-9-7-10-19)17-23(28)27-15-12-22-21(13-16-30-22)24(27)20-11-6-5-8-18(20)2/h5-6,8,11,13,16,19,24H,3-4,7,9-10,12,14-15,17H2,1-2H3. The first-order valence-corrected chi connectivity index (χ1v) is 12.2. The molecule has 1 saturated carbocycles. The monoisotopic (exact) mass is 424 g/mol. The van der Waals surface area contributed by atoms with Crippen LogP contribution in [0.5, 0.6) is 0 Å². The molecule has 4 nitrogen and oxygen atoms in total. The molecule has 0 radical (unpaired) electrons. The van der Waals surface area contributed by atoms with E-state index in [-0.39, 0.29) is 30.3 Å². The minimum absolute atomic E-state index is 0.0551. The minimum atomic E-state index is -0.0551. The molecule has 2 aliphatic rings. The summed E-state index contributed by atoms with van der Waals surface area (Å²) in [7, 11) is 0. The van der Waals surface area contributed by atoms with Gasteiger partial charge in [-0.2, -0.15) is 0 Å². The van der Waals surface area contributed by atoms with E-state index in [1.807, 2.05) is 15.9 Å². The molecule has 4 rings (SSSR count). The van der Waals surface area contributed by atoms with Crippen LogP contribution in [0.4, 0.5) is 0 Å². The molecule has 0 bridgehead atoms. The van der Waals surface area contributed by atoms with Crippen molar-refractivity contribution in [2.75, 3.05) is 19.6 Å². The average Bonchev–Trinajstić information content (AvgIpc) is 3.18. The zero-order valence-corrected chi connectivity index (χ0v) is 18.9. The highest BCUT2D eigenvalue weighted by Crippen LogP contribution is 2.39. The number of rotatable bonds is 7. The Morgan fingerprint density at radius 2 is 1.97 bits per heavy atom. The van der Waals surface area contributed by atoms with Gasteiger partial charge in [0.25, 0.3) is 0 Å². The van der Waals surface area contributed by atoms with Gasteiger partial charge in [-0.25, -0.2) is 0 Å². The third kappa shape index (κ3) is 4.18. The lowest BCUT2D eigenvalue weighted by Gasteiger charge is -2.39. The Balaban J connectivity index is 1.59. The third-order valence-corrected chi connectivity index (χ3v) is 7.64. The van der Waals surface area contributed by atoms with Crippen molar-refractivity contribution < 1.29 is 9.59 Å². The maximum atomic E-state index is 13.6. The van der Waals surface area contributed by atoms with Crippen LogP contribution in [-0.2, 0) is 16.0 Å². The van der Waals surface area contributed by atoms with Gasteiger partial charge in [0.1, 0.15) is 0 Å². The fourth-order valence-corrected chi connectivity index (χ4v) is 5.50. The van der Waals surface area contributed by atoms with E-state index in [0.717, 1.165) is 38.5 Å². The predicted molar refractivity (Wildman–Crippen MR) is 122 cm³/mol. The van der Waals surface area contributed by atoms with Gasteiger partial charge in [-0.3, -0.25) is 9.59 Å². The Morgan fingerprint density at radius 3 is 2.67 bits per heavy atom. The van der Waals surface area contributed by atoms with E-state index in [1.54, 1.807) is 11.3 Å². The van der Waals surface area contributed by atoms with Crippen LogP contribution in [0, 0.1) is 12.8 Å². The molecule has 2 amide bonds. The van der Waals surface area contributed by atoms with Crippen LogP contribution < -0.4 is 0 Å². The molecule has 5 heteroatoms. The quantitative estimate of drug-likeness (QED) is 0.630. The van der Waals surface area contributed by atoms with Crippen LogP contribution in [0.2, 0.25) is 0 Å². The second-order valence-electron chi connectivity index (χ2n) is 8.64. The SMILES string of the molecule is CCCCN(CC(=O)N1CCc2sccc2C1c1ccccc1C)C(=O)C1CCC1. The van der Waals surface area contributed by atoms with Crippen molar-refractivity contribution in [1.29, 1.82) is 0 Å². The van der Waals surface area contributed by atoms with Gasteiger partial charge in [0, 0.05) is 23.9 Å². The maximum absolute atomic E-state index is 13.6. The van der Waals surface area contributed by atoms with Gasteiger partial charge in [-0.1, -0.05) is 44.0 Å². The molecule has 1 unspecified atom stereocenters. The van der Waals surface area contributed by atoms with Crippen molar-refractivity contribution in [3.63, 3.8) is 0 Å². The Labute approximate surface area is 183 Å². The number of amides is 2. The predicted octanol–water partition coefficient (Wildman–Crippen LogP) is 4.96. The fraction of sp³-hybridized carbons (Fsp3) is 0.520. The Bertz CT molecular complexity index is 902. The van der Waals surface area contributed by atoms with Gasteiger partial charge < -0.3 is 9.80 Å². The molecule has 1 atom stereocenters. The van der Waals surface area contributed by atoms with Gasteiger partial charge in [0.2, 0.25) is 11.8 Å². The number of unbranched alkanes of at least 4 members (excludes halogenated alkanes) is 1. The lowest BCUT2D eigenvalue weighted by molar-refractivity contribution is -0.145. The average molecular weight is 425 g/mol. The number of hydrogen-bond acceptors (Lipinski definition) is 3. The molecule has 1 aromatic carbocycles. The number of carbonyl (C=O) groups is 2. The summed E-state index contributed by atoms with van der Waals surface area (Å²) in [5, 5.41) is 2.14. The molecule has 0 spiro atoms. The number of benzene rings is 1. The van der Waals surface area contributed by atoms with Gasteiger partial charge >= 0.3 is 0 Å². The summed E-state index contributed by atoms with van der Waals surface area (Å²) in [4.78, 5) is 31.8. The van der Waals surface area contributed by atoms with Gasteiger partial charge in [0.15, 0.2) is 0 Å². The highest BCUT2D eigenvalue weighted by atomic mass is 32.1. The molecule has 0 saturated heterocycles. The van der Waals surface area contributed by atoms with E-state index in [1.165, 1.54) is 21.6 Å². The van der Waals surface area contributed by atoms with E-state index >= 15 is 0 Å². The second-order valence-corrected chi connectivity index (χ2v) is 9.64. The van der Waals surface area contributed by atoms with Crippen LogP contribution >= 0.6 is 11.3 Å². The first kappa shape index (κ1) is 21.1. The number of fused-ring (bicyclic) bond motifs is 1. The minimum Gasteiger partial charge on any atom is -0.333 e. The Kier molecular flexibility index (Phi) is 6.57. The summed E-state index contributed by atoms with van der Waals surface area (Å²) < 4.78 is 0. The topological polar surface area (TPSA) is 40.6 Å². The lowest BCUT2D eigenvalue weighted by atomic mass is 9.84. The molecule has 1 fully saturated rings. The Morgan fingerprint density at radius 1 is 1.17 bits per heavy atom. The summed E-state index contributed by atoms with van der Waals surface area (Å²) in [6.07, 6.45) is 5.95. The van der Waals surface area contributed by atoms with Crippen LogP contribution in [0.3, 0.4) is 0 Å². The first-order chi connectivity index (χ1) is 14.6. The molecule has 1 aliphatic heterocycles. The van der Waals surface area contributed by atoms with E-state index in [2.05, 4.69) is 43.5 Å². The second kappa shape index (κ2) is 9.34. The van der Waals surface area contributed by atoms with Crippen molar-refractivity contribution in [2.45, 2.75) is 58.4 Å². The van der Waals surface area contributed by atoms with Crippen LogP contribution in [0.1, 0.15) is 66.6 Å². The summed E-state index contributed by atoms with van der Waals surface area (Å²) in [5.41, 5.74) is 3.64. The maximum Gasteiger partial charge on any atom is 0.242 e. The molecular weight excluding hydrogens is 392 g/mol. The van der Waals surface area contributed by atoms with E-state index in [9.17, 15) is 9.59 Å². The van der Waals surface area contributed by atoms with E-state index in [0.29, 0.717) is 13.1 Å². The largest absolute Gasteiger partial charge is 0.333 e. The summed E-state index contributed by atoms with van der Waals surface area (Å²) in [6, 6.07) is 10.5. The molecule has 1 aliphatic carbocycles. The first-order valence-electron chi connectivity index (χ1n) is 11.3. The van der Waals surface area contributed by atoms with Gasteiger partial charge in [-0.05, 0) is 60.7 Å². The van der Waals surface area contributed by atoms with Crippen molar-refractivity contribution in [1.82, 2.24) is 9.80 Å². The lowest BCUT2D eigenvalue weighted by Crippen LogP contribution is -2.49. The molecule has 160 valence electrons. The molecule has 2 aromatic rings. The number of hydrogen-bond donors (Lipinski definition) is 0. The van der Waals surface area contributed by atoms with Crippen LogP contribution in [0.15, 0.2) is 35.7 Å². The summed E-state index contributed by atoms with van der Waals surface area (Å²) in [5.74, 6) is 0.388. The molecule has 30 heavy (non-hydrogen) atoms. The third-order valence-electron chi connectivity index (χ3n) is 6.64. The number of carbonyl (C=O) groups excluding carboxylic acids is 2. The van der Waals surface area contributed by atoms with Crippen LogP contribution in [-0.4, -0.2) is 41.2 Å².